The Morgan fingerprint density at radius 1 is 1.31 bits per heavy atom. The summed E-state index contributed by atoms with van der Waals surface area (Å²) in [7, 11) is 0. The van der Waals surface area contributed by atoms with Gasteiger partial charge in [0.15, 0.2) is 0 Å². The van der Waals surface area contributed by atoms with Crippen LogP contribution in [0.15, 0.2) is 18.2 Å². The summed E-state index contributed by atoms with van der Waals surface area (Å²) in [5, 5.41) is 3.39. The Labute approximate surface area is 85.1 Å². The van der Waals surface area contributed by atoms with Crippen LogP contribution in [-0.4, -0.2) is 12.0 Å². The van der Waals surface area contributed by atoms with E-state index in [1.54, 1.807) is 0 Å². The van der Waals surface area contributed by atoms with Crippen LogP contribution in [0.4, 0.5) is 5.69 Å². The number of aryl methyl sites for hydroxylation is 2. The van der Waals surface area contributed by atoms with Crippen molar-refractivity contribution in [3.8, 4) is 0 Å². The lowest BCUT2D eigenvalue weighted by molar-refractivity contribution is 0.824. The second-order valence-electron chi connectivity index (χ2n) is 3.19. The summed E-state index contributed by atoms with van der Waals surface area (Å²) in [6.07, 6.45) is 2.51. The van der Waals surface area contributed by atoms with Crippen LogP contribution < -0.4 is 5.32 Å². The monoisotopic (exact) mass is 201 g/mol. The normalized spacial score (nSPS) is 13.0. The number of anilines is 1. The Balaban J connectivity index is 0.000000720. The van der Waals surface area contributed by atoms with E-state index in [1.165, 1.54) is 29.7 Å². The van der Waals surface area contributed by atoms with E-state index < -0.39 is 0 Å². The molecule has 0 atom stereocenters. The quantitative estimate of drug-likeness (QED) is 0.685. The number of rotatable bonds is 0. The first-order chi connectivity index (χ1) is 5.36. The van der Waals surface area contributed by atoms with Crippen molar-refractivity contribution in [2.75, 3.05) is 11.9 Å². The van der Waals surface area contributed by atoms with Crippen LogP contribution in [0.25, 0.3) is 0 Å². The van der Waals surface area contributed by atoms with Gasteiger partial charge in [-0.05, 0) is 31.4 Å². The fourth-order valence-electron chi connectivity index (χ4n) is 1.60. The number of benzene rings is 1. The van der Waals surface area contributed by atoms with Gasteiger partial charge in [0.05, 0.1) is 0 Å². The zero-order valence-electron chi connectivity index (χ0n) is 7.76. The second kappa shape index (κ2) is 5.10. The van der Waals surface area contributed by atoms with E-state index in [9.17, 15) is 0 Å². The number of hydrogen-bond donors (Lipinski definition) is 1. The van der Waals surface area contributed by atoms with Crippen molar-refractivity contribution in [1.29, 1.82) is 0 Å². The molecule has 0 amide bonds. The molecule has 1 aromatic rings. The van der Waals surface area contributed by atoms with Crippen molar-refractivity contribution in [3.63, 3.8) is 0 Å². The SMILES string of the molecule is Cc1ccc2c(c1)CCCN2.Cl.O. The highest BCUT2D eigenvalue weighted by Gasteiger charge is 2.06. The van der Waals surface area contributed by atoms with E-state index in [0.29, 0.717) is 0 Å². The Morgan fingerprint density at radius 2 is 2.08 bits per heavy atom. The first-order valence-corrected chi connectivity index (χ1v) is 4.20. The summed E-state index contributed by atoms with van der Waals surface area (Å²) < 4.78 is 0. The van der Waals surface area contributed by atoms with Crippen molar-refractivity contribution < 1.29 is 5.48 Å². The summed E-state index contributed by atoms with van der Waals surface area (Å²) in [6, 6.07) is 6.63. The molecule has 3 N–H and O–H groups in total. The van der Waals surface area contributed by atoms with Gasteiger partial charge in [-0.1, -0.05) is 17.7 Å². The molecule has 1 aliphatic rings. The molecule has 0 unspecified atom stereocenters. The molecule has 0 aromatic heterocycles. The maximum absolute atomic E-state index is 3.39. The lowest BCUT2D eigenvalue weighted by Gasteiger charge is -2.17. The van der Waals surface area contributed by atoms with Crippen molar-refractivity contribution in [1.82, 2.24) is 0 Å². The molecule has 0 radical (unpaired) electrons. The maximum Gasteiger partial charge on any atom is 0.0372 e. The molecule has 0 saturated heterocycles. The molecule has 0 bridgehead atoms. The molecule has 0 aliphatic carbocycles. The molecule has 2 rings (SSSR count). The van der Waals surface area contributed by atoms with Crippen molar-refractivity contribution in [3.05, 3.63) is 29.3 Å². The topological polar surface area (TPSA) is 43.5 Å². The van der Waals surface area contributed by atoms with Gasteiger partial charge in [-0.3, -0.25) is 0 Å². The van der Waals surface area contributed by atoms with E-state index in [2.05, 4.69) is 30.4 Å². The van der Waals surface area contributed by atoms with Gasteiger partial charge in [-0.25, -0.2) is 0 Å². The van der Waals surface area contributed by atoms with Crippen molar-refractivity contribution in [2.45, 2.75) is 19.8 Å². The average Bonchev–Trinajstić information content (AvgIpc) is 2.04. The van der Waals surface area contributed by atoms with Crippen molar-refractivity contribution in [2.24, 2.45) is 0 Å². The minimum Gasteiger partial charge on any atom is -0.412 e. The van der Waals surface area contributed by atoms with Gasteiger partial charge in [-0.15, -0.1) is 12.4 Å². The molecule has 1 heterocycles. The lowest BCUT2D eigenvalue weighted by Crippen LogP contribution is -2.11. The fourth-order valence-corrected chi connectivity index (χ4v) is 1.60. The van der Waals surface area contributed by atoms with Crippen LogP contribution in [0.1, 0.15) is 17.5 Å². The van der Waals surface area contributed by atoms with E-state index >= 15 is 0 Å². The zero-order valence-corrected chi connectivity index (χ0v) is 8.58. The molecule has 1 aromatic carbocycles. The van der Waals surface area contributed by atoms with Gasteiger partial charge in [0.2, 0.25) is 0 Å². The Morgan fingerprint density at radius 3 is 2.85 bits per heavy atom. The molecule has 13 heavy (non-hydrogen) atoms. The molecule has 1 aliphatic heterocycles. The lowest BCUT2D eigenvalue weighted by atomic mass is 10.0. The first kappa shape index (κ1) is 12.3. The molecule has 74 valence electrons. The molecule has 2 nitrogen and oxygen atoms in total. The highest BCUT2D eigenvalue weighted by molar-refractivity contribution is 5.85. The Hall–Kier alpha value is -0.730. The highest BCUT2D eigenvalue weighted by Crippen LogP contribution is 2.22. The minimum atomic E-state index is 0. The van der Waals surface area contributed by atoms with Gasteiger partial charge in [0.1, 0.15) is 0 Å². The van der Waals surface area contributed by atoms with Crippen LogP contribution in [0.3, 0.4) is 0 Å². The van der Waals surface area contributed by atoms with E-state index in [0.717, 1.165) is 6.54 Å². The first-order valence-electron chi connectivity index (χ1n) is 4.20. The molecule has 0 fully saturated rings. The van der Waals surface area contributed by atoms with Crippen LogP contribution in [0.5, 0.6) is 0 Å². The third-order valence-electron chi connectivity index (χ3n) is 2.20. The standard InChI is InChI=1S/C10H13N.ClH.H2O/c1-8-4-5-10-9(7-8)3-2-6-11-10;;/h4-5,7,11H,2-3,6H2,1H3;1H;1H2. The van der Waals surface area contributed by atoms with Crippen molar-refractivity contribution >= 4 is 18.1 Å². The van der Waals surface area contributed by atoms with Crippen LogP contribution >= 0.6 is 12.4 Å². The smallest absolute Gasteiger partial charge is 0.0372 e. The molecular formula is C10H16ClNO. The number of fused-ring (bicyclic) bond motifs is 1. The van der Waals surface area contributed by atoms with E-state index in [-0.39, 0.29) is 17.9 Å². The van der Waals surface area contributed by atoms with Gasteiger partial charge in [0, 0.05) is 12.2 Å². The van der Waals surface area contributed by atoms with Crippen LogP contribution in [0.2, 0.25) is 0 Å². The fraction of sp³-hybridized carbons (Fsp3) is 0.400. The summed E-state index contributed by atoms with van der Waals surface area (Å²) in [5.41, 5.74) is 4.19. The molecule has 3 heteroatoms. The number of hydrogen-bond acceptors (Lipinski definition) is 1. The third-order valence-corrected chi connectivity index (χ3v) is 2.20. The molecule has 0 spiro atoms. The zero-order chi connectivity index (χ0) is 7.68. The Kier molecular flexibility index (Phi) is 4.81. The van der Waals surface area contributed by atoms with Gasteiger partial charge < -0.3 is 10.8 Å². The summed E-state index contributed by atoms with van der Waals surface area (Å²) in [4.78, 5) is 0. The minimum absolute atomic E-state index is 0. The van der Waals surface area contributed by atoms with E-state index in [1.807, 2.05) is 0 Å². The van der Waals surface area contributed by atoms with Gasteiger partial charge in [0.25, 0.3) is 0 Å². The van der Waals surface area contributed by atoms with Gasteiger partial charge >= 0.3 is 0 Å². The largest absolute Gasteiger partial charge is 0.412 e. The van der Waals surface area contributed by atoms with Crippen LogP contribution in [-0.2, 0) is 6.42 Å². The number of nitrogens with one attached hydrogen (secondary N) is 1. The maximum atomic E-state index is 3.39. The average molecular weight is 202 g/mol. The summed E-state index contributed by atoms with van der Waals surface area (Å²) >= 11 is 0. The Bertz CT molecular complexity index is 276. The van der Waals surface area contributed by atoms with Gasteiger partial charge in [-0.2, -0.15) is 0 Å². The third kappa shape index (κ3) is 2.61. The van der Waals surface area contributed by atoms with Crippen LogP contribution in [0, 0.1) is 6.92 Å². The summed E-state index contributed by atoms with van der Waals surface area (Å²) in [5.74, 6) is 0. The predicted molar refractivity (Wildman–Crippen MR) is 58.9 cm³/mol. The second-order valence-corrected chi connectivity index (χ2v) is 3.19. The molecule has 0 saturated carbocycles. The highest BCUT2D eigenvalue weighted by atomic mass is 35.5. The molecular weight excluding hydrogens is 186 g/mol. The van der Waals surface area contributed by atoms with E-state index in [4.69, 9.17) is 0 Å². The summed E-state index contributed by atoms with van der Waals surface area (Å²) in [6.45, 7) is 3.28. The predicted octanol–water partition coefficient (Wildman–Crippen LogP) is 1.95. The number of halogens is 1.